The summed E-state index contributed by atoms with van der Waals surface area (Å²) in [7, 11) is 1.64. The first-order valence-corrected chi connectivity index (χ1v) is 7.10. The van der Waals surface area contributed by atoms with Crippen molar-refractivity contribution in [2.45, 2.75) is 18.7 Å². The molecule has 2 aromatic heterocycles. The number of halogens is 1. The number of hydrogen-bond acceptors (Lipinski definition) is 5. The SMILES string of the molecule is CCc1cc2c(NCC(Cl)COC)ncnc2s1. The fourth-order valence-corrected chi connectivity index (χ4v) is 2.81. The lowest BCUT2D eigenvalue weighted by molar-refractivity contribution is 0.200. The van der Waals surface area contributed by atoms with Crippen LogP contribution in [-0.4, -0.2) is 35.6 Å². The van der Waals surface area contributed by atoms with Crippen molar-refractivity contribution >= 4 is 39.0 Å². The van der Waals surface area contributed by atoms with E-state index in [2.05, 4.69) is 28.3 Å². The molecule has 0 aromatic carbocycles. The van der Waals surface area contributed by atoms with E-state index in [4.69, 9.17) is 16.3 Å². The van der Waals surface area contributed by atoms with E-state index in [-0.39, 0.29) is 5.38 Å². The van der Waals surface area contributed by atoms with Gasteiger partial charge in [0.1, 0.15) is 17.0 Å². The number of methoxy groups -OCH3 is 1. The highest BCUT2D eigenvalue weighted by atomic mass is 35.5. The number of hydrogen-bond donors (Lipinski definition) is 1. The molecule has 0 saturated carbocycles. The van der Waals surface area contributed by atoms with E-state index < -0.39 is 0 Å². The van der Waals surface area contributed by atoms with Gasteiger partial charge in [-0.25, -0.2) is 9.97 Å². The molecule has 0 amide bonds. The van der Waals surface area contributed by atoms with Crippen LogP contribution in [-0.2, 0) is 11.2 Å². The van der Waals surface area contributed by atoms with Crippen molar-refractivity contribution in [2.75, 3.05) is 25.6 Å². The third kappa shape index (κ3) is 3.10. The Morgan fingerprint density at radius 2 is 2.33 bits per heavy atom. The highest BCUT2D eigenvalue weighted by molar-refractivity contribution is 7.18. The quantitative estimate of drug-likeness (QED) is 0.829. The Hall–Kier alpha value is -0.910. The number of rotatable bonds is 6. The zero-order valence-corrected chi connectivity index (χ0v) is 12.0. The van der Waals surface area contributed by atoms with Gasteiger partial charge in [0.15, 0.2) is 0 Å². The van der Waals surface area contributed by atoms with E-state index >= 15 is 0 Å². The molecule has 0 fully saturated rings. The monoisotopic (exact) mass is 285 g/mol. The van der Waals surface area contributed by atoms with Gasteiger partial charge in [-0.2, -0.15) is 0 Å². The molecule has 6 heteroatoms. The molecule has 98 valence electrons. The van der Waals surface area contributed by atoms with Crippen molar-refractivity contribution in [3.8, 4) is 0 Å². The van der Waals surface area contributed by atoms with Gasteiger partial charge in [0.2, 0.25) is 0 Å². The molecule has 0 aliphatic carbocycles. The molecule has 2 rings (SSSR count). The molecule has 0 saturated heterocycles. The molecule has 18 heavy (non-hydrogen) atoms. The number of aryl methyl sites for hydroxylation is 1. The molecule has 0 aliphatic rings. The third-order valence-electron chi connectivity index (χ3n) is 2.57. The lowest BCUT2D eigenvalue weighted by Crippen LogP contribution is -2.19. The molecule has 1 atom stereocenters. The van der Waals surface area contributed by atoms with E-state index in [9.17, 15) is 0 Å². The zero-order valence-electron chi connectivity index (χ0n) is 10.4. The number of fused-ring (bicyclic) bond motifs is 1. The molecular formula is C12H16ClN3OS. The number of alkyl halides is 1. The second-order valence-corrected chi connectivity index (χ2v) is 5.67. The topological polar surface area (TPSA) is 47.0 Å². The molecule has 2 heterocycles. The standard InChI is InChI=1S/C12H16ClN3OS/c1-3-9-4-10-11(14-5-8(13)6-17-2)15-7-16-12(10)18-9/h4,7-8H,3,5-6H2,1-2H3,(H,14,15,16). The summed E-state index contributed by atoms with van der Waals surface area (Å²) in [4.78, 5) is 10.9. The number of ether oxygens (including phenoxy) is 1. The smallest absolute Gasteiger partial charge is 0.138 e. The lowest BCUT2D eigenvalue weighted by Gasteiger charge is -2.10. The van der Waals surface area contributed by atoms with Gasteiger partial charge in [0, 0.05) is 18.5 Å². The third-order valence-corrected chi connectivity index (χ3v) is 4.04. The summed E-state index contributed by atoms with van der Waals surface area (Å²) in [5.41, 5.74) is 0. The minimum Gasteiger partial charge on any atom is -0.383 e. The summed E-state index contributed by atoms with van der Waals surface area (Å²) >= 11 is 7.79. The summed E-state index contributed by atoms with van der Waals surface area (Å²) in [5, 5.41) is 4.26. The number of anilines is 1. The summed E-state index contributed by atoms with van der Waals surface area (Å²) in [6.45, 7) is 3.28. The van der Waals surface area contributed by atoms with Gasteiger partial charge in [-0.3, -0.25) is 0 Å². The van der Waals surface area contributed by atoms with Crippen molar-refractivity contribution < 1.29 is 4.74 Å². The van der Waals surface area contributed by atoms with Crippen LogP contribution in [0.1, 0.15) is 11.8 Å². The molecule has 1 unspecified atom stereocenters. The summed E-state index contributed by atoms with van der Waals surface area (Å²) < 4.78 is 5.00. The van der Waals surface area contributed by atoms with Crippen LogP contribution in [0.5, 0.6) is 0 Å². The van der Waals surface area contributed by atoms with Crippen LogP contribution in [0, 0.1) is 0 Å². The molecule has 0 radical (unpaired) electrons. The fraction of sp³-hybridized carbons (Fsp3) is 0.500. The second kappa shape index (κ2) is 6.31. The summed E-state index contributed by atoms with van der Waals surface area (Å²) in [6, 6.07) is 2.14. The number of thiophene rings is 1. The molecule has 4 nitrogen and oxygen atoms in total. The molecule has 0 spiro atoms. The maximum Gasteiger partial charge on any atom is 0.138 e. The van der Waals surface area contributed by atoms with Crippen LogP contribution in [0.15, 0.2) is 12.4 Å². The van der Waals surface area contributed by atoms with Crippen LogP contribution in [0.25, 0.3) is 10.2 Å². The van der Waals surface area contributed by atoms with Crippen molar-refractivity contribution in [1.29, 1.82) is 0 Å². The minimum absolute atomic E-state index is 0.0655. The van der Waals surface area contributed by atoms with Gasteiger partial charge in [-0.15, -0.1) is 22.9 Å². The Morgan fingerprint density at radius 3 is 3.06 bits per heavy atom. The predicted molar refractivity (Wildman–Crippen MR) is 76.8 cm³/mol. The van der Waals surface area contributed by atoms with Crippen LogP contribution in [0.2, 0.25) is 0 Å². The van der Waals surface area contributed by atoms with Crippen molar-refractivity contribution in [3.63, 3.8) is 0 Å². The normalized spacial score (nSPS) is 12.8. The zero-order chi connectivity index (χ0) is 13.0. The molecular weight excluding hydrogens is 270 g/mol. The minimum atomic E-state index is -0.0655. The predicted octanol–water partition coefficient (Wildman–Crippen LogP) is 2.92. The van der Waals surface area contributed by atoms with Crippen molar-refractivity contribution in [2.24, 2.45) is 0 Å². The maximum absolute atomic E-state index is 6.09. The van der Waals surface area contributed by atoms with E-state index in [1.54, 1.807) is 24.8 Å². The van der Waals surface area contributed by atoms with Gasteiger partial charge >= 0.3 is 0 Å². The van der Waals surface area contributed by atoms with Crippen LogP contribution < -0.4 is 5.32 Å². The summed E-state index contributed by atoms with van der Waals surface area (Å²) in [6.07, 6.45) is 2.60. The molecule has 1 N–H and O–H groups in total. The van der Waals surface area contributed by atoms with Gasteiger partial charge in [0.05, 0.1) is 17.4 Å². The Morgan fingerprint density at radius 1 is 1.50 bits per heavy atom. The van der Waals surface area contributed by atoms with Crippen molar-refractivity contribution in [1.82, 2.24) is 9.97 Å². The second-order valence-electron chi connectivity index (χ2n) is 3.94. The summed E-state index contributed by atoms with van der Waals surface area (Å²) in [5.74, 6) is 0.845. The first-order chi connectivity index (χ1) is 8.74. The van der Waals surface area contributed by atoms with Crippen LogP contribution >= 0.6 is 22.9 Å². The average Bonchev–Trinajstić information content (AvgIpc) is 2.80. The lowest BCUT2D eigenvalue weighted by atomic mass is 10.3. The van der Waals surface area contributed by atoms with Crippen LogP contribution in [0.4, 0.5) is 5.82 Å². The van der Waals surface area contributed by atoms with Gasteiger partial charge in [-0.1, -0.05) is 6.92 Å². The largest absolute Gasteiger partial charge is 0.383 e. The van der Waals surface area contributed by atoms with Crippen molar-refractivity contribution in [3.05, 3.63) is 17.3 Å². The molecule has 0 aliphatic heterocycles. The number of nitrogens with zero attached hydrogens (tertiary/aromatic N) is 2. The molecule has 0 bridgehead atoms. The fourth-order valence-electron chi connectivity index (χ4n) is 1.67. The van der Waals surface area contributed by atoms with E-state index in [0.717, 1.165) is 22.5 Å². The van der Waals surface area contributed by atoms with Gasteiger partial charge < -0.3 is 10.1 Å². The first-order valence-electron chi connectivity index (χ1n) is 5.85. The number of aromatic nitrogens is 2. The maximum atomic E-state index is 6.09. The number of nitrogens with one attached hydrogen (secondary N) is 1. The van der Waals surface area contributed by atoms with Crippen LogP contribution in [0.3, 0.4) is 0 Å². The van der Waals surface area contributed by atoms with E-state index in [0.29, 0.717) is 13.2 Å². The van der Waals surface area contributed by atoms with E-state index in [1.807, 2.05) is 0 Å². The van der Waals surface area contributed by atoms with E-state index in [1.165, 1.54) is 4.88 Å². The highest BCUT2D eigenvalue weighted by Gasteiger charge is 2.09. The Labute approximate surface area is 115 Å². The Balaban J connectivity index is 2.14. The molecule has 2 aromatic rings. The Bertz CT molecular complexity index is 517. The van der Waals surface area contributed by atoms with Gasteiger partial charge in [-0.05, 0) is 12.5 Å². The highest BCUT2D eigenvalue weighted by Crippen LogP contribution is 2.28. The average molecular weight is 286 g/mol. The van der Waals surface area contributed by atoms with Gasteiger partial charge in [0.25, 0.3) is 0 Å². The first kappa shape index (κ1) is 13.5. The Kier molecular flexibility index (Phi) is 4.74.